The van der Waals surface area contributed by atoms with Crippen molar-refractivity contribution in [2.75, 3.05) is 13.2 Å². The Morgan fingerprint density at radius 2 is 1.22 bits per heavy atom. The Morgan fingerprint density at radius 3 is 1.76 bits per heavy atom. The van der Waals surface area contributed by atoms with Gasteiger partial charge >= 0.3 is 0 Å². The molecule has 6 heteroatoms. The molecule has 1 saturated heterocycles. The second-order valence-corrected chi connectivity index (χ2v) is 8.96. The van der Waals surface area contributed by atoms with Crippen LogP contribution in [0.15, 0.2) is 103 Å². The maximum Gasteiger partial charge on any atom is 0.187 e. The molecule has 3 aromatic carbocycles. The summed E-state index contributed by atoms with van der Waals surface area (Å²) in [6, 6.07) is 29.8. The summed E-state index contributed by atoms with van der Waals surface area (Å²) < 4.78 is 30.8. The van der Waals surface area contributed by atoms with Crippen LogP contribution >= 0.6 is 0 Å². The molecule has 3 aromatic rings. The Morgan fingerprint density at radius 1 is 0.703 bits per heavy atom. The van der Waals surface area contributed by atoms with Gasteiger partial charge in [0.05, 0.1) is 33.0 Å². The molecule has 1 heterocycles. The largest absolute Gasteiger partial charge is 0.385 e. The Labute approximate surface area is 219 Å². The van der Waals surface area contributed by atoms with E-state index in [1.807, 2.05) is 110 Å². The van der Waals surface area contributed by atoms with E-state index >= 15 is 0 Å². The lowest BCUT2D eigenvalue weighted by molar-refractivity contribution is -0.316. The SMILES string of the molecule is C/C=C/CO[C@@H]1O[C@H](COCc2ccccc2)[C@@H](OCc2ccccc2)[C@H](OCc2ccccc2)[C@H]1O. The van der Waals surface area contributed by atoms with Crippen LogP contribution in [-0.2, 0) is 43.5 Å². The maximum atomic E-state index is 11.3. The summed E-state index contributed by atoms with van der Waals surface area (Å²) in [6.45, 7) is 3.61. The molecule has 5 atom stereocenters. The van der Waals surface area contributed by atoms with Gasteiger partial charge in [-0.3, -0.25) is 0 Å². The van der Waals surface area contributed by atoms with Gasteiger partial charge in [-0.25, -0.2) is 0 Å². The molecular weight excluding hydrogens is 468 g/mol. The third kappa shape index (κ3) is 8.33. The minimum Gasteiger partial charge on any atom is -0.385 e. The van der Waals surface area contributed by atoms with Gasteiger partial charge in [0.1, 0.15) is 24.4 Å². The summed E-state index contributed by atoms with van der Waals surface area (Å²) >= 11 is 0. The number of aliphatic hydroxyl groups is 1. The van der Waals surface area contributed by atoms with E-state index in [0.717, 1.165) is 16.7 Å². The van der Waals surface area contributed by atoms with Crippen LogP contribution < -0.4 is 0 Å². The standard InChI is InChI=1S/C31H36O6/c1-2-3-19-34-31-28(32)30(36-22-26-17-11-6-12-18-26)29(35-21-25-15-9-5-10-16-25)27(37-31)23-33-20-24-13-7-4-8-14-24/h2-18,27-32H,19-23H2,1H3/b3-2+/t27-,28-,29-,30-,31-/m1/s1. The van der Waals surface area contributed by atoms with Crippen LogP contribution in [0, 0.1) is 0 Å². The van der Waals surface area contributed by atoms with Crippen LogP contribution in [0.25, 0.3) is 0 Å². The molecule has 0 aromatic heterocycles. The molecule has 0 aliphatic carbocycles. The number of hydrogen-bond acceptors (Lipinski definition) is 6. The van der Waals surface area contributed by atoms with Crippen molar-refractivity contribution in [3.8, 4) is 0 Å². The van der Waals surface area contributed by atoms with Crippen LogP contribution in [0.2, 0.25) is 0 Å². The highest BCUT2D eigenvalue weighted by molar-refractivity contribution is 5.15. The molecule has 6 nitrogen and oxygen atoms in total. The third-order valence-electron chi connectivity index (χ3n) is 6.17. The van der Waals surface area contributed by atoms with Gasteiger partial charge in [-0.2, -0.15) is 0 Å². The van der Waals surface area contributed by atoms with E-state index in [1.54, 1.807) is 0 Å². The highest BCUT2D eigenvalue weighted by atomic mass is 16.7. The van der Waals surface area contributed by atoms with Gasteiger partial charge in [0, 0.05) is 0 Å². The van der Waals surface area contributed by atoms with Gasteiger partial charge in [-0.1, -0.05) is 103 Å². The number of benzene rings is 3. The minimum atomic E-state index is -1.04. The zero-order valence-corrected chi connectivity index (χ0v) is 21.2. The molecule has 196 valence electrons. The first kappa shape index (κ1) is 27.2. The fourth-order valence-electron chi connectivity index (χ4n) is 4.21. The van der Waals surface area contributed by atoms with Gasteiger partial charge in [0.15, 0.2) is 6.29 Å². The predicted octanol–water partition coefficient (Wildman–Crippen LogP) is 5.05. The summed E-state index contributed by atoms with van der Waals surface area (Å²) in [6.07, 6.45) is 0.0839. The quantitative estimate of drug-likeness (QED) is 0.329. The highest BCUT2D eigenvalue weighted by Gasteiger charge is 2.47. The highest BCUT2D eigenvalue weighted by Crippen LogP contribution is 2.29. The first-order chi connectivity index (χ1) is 18.2. The monoisotopic (exact) mass is 504 g/mol. The Kier molecular flexibility index (Phi) is 10.9. The molecule has 1 N–H and O–H groups in total. The van der Waals surface area contributed by atoms with Gasteiger partial charge in [-0.15, -0.1) is 0 Å². The lowest BCUT2D eigenvalue weighted by atomic mass is 9.98. The smallest absolute Gasteiger partial charge is 0.187 e. The van der Waals surface area contributed by atoms with Crippen molar-refractivity contribution in [3.05, 3.63) is 120 Å². The molecule has 0 amide bonds. The number of hydrogen-bond donors (Lipinski definition) is 1. The lowest BCUT2D eigenvalue weighted by Gasteiger charge is -2.44. The topological polar surface area (TPSA) is 66.4 Å². The molecule has 0 unspecified atom stereocenters. The predicted molar refractivity (Wildman–Crippen MR) is 142 cm³/mol. The summed E-state index contributed by atoms with van der Waals surface area (Å²) in [4.78, 5) is 0. The number of ether oxygens (including phenoxy) is 5. The summed E-state index contributed by atoms with van der Waals surface area (Å²) in [7, 11) is 0. The number of rotatable bonds is 13. The fraction of sp³-hybridized carbons (Fsp3) is 0.355. The molecule has 37 heavy (non-hydrogen) atoms. The van der Waals surface area contributed by atoms with Gasteiger partial charge < -0.3 is 28.8 Å². The molecule has 4 rings (SSSR count). The average Bonchev–Trinajstić information content (AvgIpc) is 2.94. The van der Waals surface area contributed by atoms with E-state index in [2.05, 4.69) is 0 Å². The van der Waals surface area contributed by atoms with Crippen molar-refractivity contribution in [1.29, 1.82) is 0 Å². The Hall–Kier alpha value is -2.84. The van der Waals surface area contributed by atoms with Gasteiger partial charge in [0.25, 0.3) is 0 Å². The van der Waals surface area contributed by atoms with E-state index in [1.165, 1.54) is 0 Å². The van der Waals surface area contributed by atoms with E-state index in [9.17, 15) is 5.11 Å². The van der Waals surface area contributed by atoms with Crippen molar-refractivity contribution in [2.45, 2.75) is 57.5 Å². The molecule has 0 spiro atoms. The van der Waals surface area contributed by atoms with E-state index in [-0.39, 0.29) is 6.61 Å². The van der Waals surface area contributed by atoms with E-state index < -0.39 is 30.7 Å². The number of allylic oxidation sites excluding steroid dienone is 1. The number of aliphatic hydroxyl groups excluding tert-OH is 1. The van der Waals surface area contributed by atoms with Crippen LogP contribution in [-0.4, -0.2) is 49.0 Å². The van der Waals surface area contributed by atoms with Crippen LogP contribution in [0.5, 0.6) is 0 Å². The van der Waals surface area contributed by atoms with E-state index in [4.69, 9.17) is 23.7 Å². The van der Waals surface area contributed by atoms with Crippen molar-refractivity contribution in [2.24, 2.45) is 0 Å². The Bertz CT molecular complexity index is 1040. The van der Waals surface area contributed by atoms with E-state index in [0.29, 0.717) is 26.4 Å². The molecule has 1 fully saturated rings. The maximum absolute atomic E-state index is 11.3. The Balaban J connectivity index is 1.51. The van der Waals surface area contributed by atoms with Gasteiger partial charge in [-0.05, 0) is 23.6 Å². The second kappa shape index (κ2) is 14.8. The van der Waals surface area contributed by atoms with Crippen LogP contribution in [0.3, 0.4) is 0 Å². The van der Waals surface area contributed by atoms with Crippen molar-refractivity contribution in [3.63, 3.8) is 0 Å². The lowest BCUT2D eigenvalue weighted by Crippen LogP contribution is -2.61. The van der Waals surface area contributed by atoms with Crippen molar-refractivity contribution in [1.82, 2.24) is 0 Å². The zero-order chi connectivity index (χ0) is 25.7. The fourth-order valence-corrected chi connectivity index (χ4v) is 4.21. The first-order valence-corrected chi connectivity index (χ1v) is 12.7. The van der Waals surface area contributed by atoms with Crippen molar-refractivity contribution >= 4 is 0 Å². The molecule has 1 aliphatic rings. The molecule has 0 radical (unpaired) electrons. The molecule has 1 aliphatic heterocycles. The average molecular weight is 505 g/mol. The molecule has 0 saturated carbocycles. The van der Waals surface area contributed by atoms with Gasteiger partial charge in [0.2, 0.25) is 0 Å². The summed E-state index contributed by atoms with van der Waals surface area (Å²) in [5.41, 5.74) is 3.10. The van der Waals surface area contributed by atoms with Crippen LogP contribution in [0.1, 0.15) is 23.6 Å². The first-order valence-electron chi connectivity index (χ1n) is 12.7. The normalized spacial score (nSPS) is 23.9. The minimum absolute atomic E-state index is 0.260. The molecular formula is C31H36O6. The second-order valence-electron chi connectivity index (χ2n) is 8.96. The van der Waals surface area contributed by atoms with Crippen molar-refractivity contribution < 1.29 is 28.8 Å². The summed E-state index contributed by atoms with van der Waals surface area (Å²) in [5.74, 6) is 0. The van der Waals surface area contributed by atoms with Crippen LogP contribution in [0.4, 0.5) is 0 Å². The third-order valence-corrected chi connectivity index (χ3v) is 6.17. The zero-order valence-electron chi connectivity index (χ0n) is 21.2. The molecule has 0 bridgehead atoms. The summed E-state index contributed by atoms with van der Waals surface area (Å²) in [5, 5.41) is 11.3.